The molecule has 118 valence electrons. The summed E-state index contributed by atoms with van der Waals surface area (Å²) in [7, 11) is 1.91. The first-order valence-corrected chi connectivity index (χ1v) is 8.11. The number of aryl methyl sites for hydroxylation is 1. The quantitative estimate of drug-likeness (QED) is 0.684. The molecule has 3 nitrogen and oxygen atoms in total. The van der Waals surface area contributed by atoms with Crippen LogP contribution in [0.3, 0.4) is 0 Å². The van der Waals surface area contributed by atoms with Crippen LogP contribution in [-0.2, 0) is 11.2 Å². The van der Waals surface area contributed by atoms with Crippen LogP contribution in [-0.4, -0.2) is 19.5 Å². The molecular weight excluding hydrogens is 260 g/mol. The Morgan fingerprint density at radius 2 is 1.86 bits per heavy atom. The third-order valence-corrected chi connectivity index (χ3v) is 3.69. The van der Waals surface area contributed by atoms with Crippen LogP contribution in [0.15, 0.2) is 24.3 Å². The molecule has 0 saturated heterocycles. The molecule has 0 aromatic heterocycles. The van der Waals surface area contributed by atoms with Crippen LogP contribution in [0.1, 0.15) is 57.2 Å². The molecule has 2 N–H and O–H groups in total. The van der Waals surface area contributed by atoms with E-state index in [0.29, 0.717) is 12.3 Å². The molecule has 0 spiro atoms. The number of carbonyl (C=O) groups is 1. The molecule has 1 rings (SSSR count). The molecule has 0 radical (unpaired) electrons. The van der Waals surface area contributed by atoms with Crippen molar-refractivity contribution in [2.75, 3.05) is 13.6 Å². The molecule has 1 atom stereocenters. The van der Waals surface area contributed by atoms with Crippen molar-refractivity contribution < 1.29 is 4.79 Å². The summed E-state index contributed by atoms with van der Waals surface area (Å²) in [6, 6.07) is 8.78. The van der Waals surface area contributed by atoms with Gasteiger partial charge in [-0.25, -0.2) is 0 Å². The highest BCUT2D eigenvalue weighted by molar-refractivity contribution is 5.76. The van der Waals surface area contributed by atoms with Gasteiger partial charge in [-0.3, -0.25) is 4.79 Å². The molecule has 0 aliphatic rings. The molecule has 3 heteroatoms. The van der Waals surface area contributed by atoms with Crippen LogP contribution in [0.2, 0.25) is 0 Å². The topological polar surface area (TPSA) is 41.1 Å². The van der Waals surface area contributed by atoms with E-state index >= 15 is 0 Å². The van der Waals surface area contributed by atoms with Crippen molar-refractivity contribution in [1.82, 2.24) is 10.6 Å². The standard InChI is InChI=1S/C18H30N2O/c1-5-7-15-9-11-16(12-10-15)18(14(2)3)20-17(21)8-6-13-19-4/h9-12,14,18-19H,5-8,13H2,1-4H3,(H,20,21). The van der Waals surface area contributed by atoms with E-state index in [2.05, 4.69) is 55.7 Å². The van der Waals surface area contributed by atoms with E-state index in [0.717, 1.165) is 25.8 Å². The van der Waals surface area contributed by atoms with E-state index in [4.69, 9.17) is 0 Å². The van der Waals surface area contributed by atoms with Gasteiger partial charge in [0.05, 0.1) is 6.04 Å². The fourth-order valence-electron chi connectivity index (χ4n) is 2.49. The van der Waals surface area contributed by atoms with Crippen LogP contribution in [0, 0.1) is 5.92 Å². The lowest BCUT2D eigenvalue weighted by molar-refractivity contribution is -0.122. The Morgan fingerprint density at radius 3 is 2.38 bits per heavy atom. The highest BCUT2D eigenvalue weighted by Crippen LogP contribution is 2.22. The predicted octanol–water partition coefficient (Wildman–Crippen LogP) is 3.45. The van der Waals surface area contributed by atoms with Gasteiger partial charge in [0.1, 0.15) is 0 Å². The van der Waals surface area contributed by atoms with E-state index < -0.39 is 0 Å². The summed E-state index contributed by atoms with van der Waals surface area (Å²) < 4.78 is 0. The largest absolute Gasteiger partial charge is 0.349 e. The third-order valence-electron chi connectivity index (χ3n) is 3.69. The monoisotopic (exact) mass is 290 g/mol. The first kappa shape index (κ1) is 17.7. The fourth-order valence-corrected chi connectivity index (χ4v) is 2.49. The third kappa shape index (κ3) is 6.30. The van der Waals surface area contributed by atoms with Crippen molar-refractivity contribution in [3.05, 3.63) is 35.4 Å². The van der Waals surface area contributed by atoms with Crippen LogP contribution < -0.4 is 10.6 Å². The number of nitrogens with one attached hydrogen (secondary N) is 2. The minimum absolute atomic E-state index is 0.0998. The average Bonchev–Trinajstić information content (AvgIpc) is 2.46. The molecule has 0 aliphatic carbocycles. The van der Waals surface area contributed by atoms with Crippen molar-refractivity contribution in [2.45, 2.75) is 52.5 Å². The Kier molecular flexibility index (Phi) is 8.06. The summed E-state index contributed by atoms with van der Waals surface area (Å²) in [5.41, 5.74) is 2.57. The fraction of sp³-hybridized carbons (Fsp3) is 0.611. The smallest absolute Gasteiger partial charge is 0.220 e. The number of rotatable bonds is 9. The molecular formula is C18H30N2O. The molecule has 1 aromatic rings. The Morgan fingerprint density at radius 1 is 1.19 bits per heavy atom. The van der Waals surface area contributed by atoms with E-state index in [-0.39, 0.29) is 11.9 Å². The minimum atomic E-state index is 0.0998. The molecule has 21 heavy (non-hydrogen) atoms. The lowest BCUT2D eigenvalue weighted by Crippen LogP contribution is -2.32. The van der Waals surface area contributed by atoms with Gasteiger partial charge in [0.25, 0.3) is 0 Å². The van der Waals surface area contributed by atoms with E-state index in [9.17, 15) is 4.79 Å². The number of hydrogen-bond donors (Lipinski definition) is 2. The van der Waals surface area contributed by atoms with Gasteiger partial charge in [-0.1, -0.05) is 51.5 Å². The molecule has 1 unspecified atom stereocenters. The van der Waals surface area contributed by atoms with Crippen molar-refractivity contribution in [3.8, 4) is 0 Å². The van der Waals surface area contributed by atoms with Gasteiger partial charge >= 0.3 is 0 Å². The first-order valence-electron chi connectivity index (χ1n) is 8.11. The summed E-state index contributed by atoms with van der Waals surface area (Å²) >= 11 is 0. The minimum Gasteiger partial charge on any atom is -0.349 e. The Hall–Kier alpha value is -1.35. The lowest BCUT2D eigenvalue weighted by Gasteiger charge is -2.23. The highest BCUT2D eigenvalue weighted by atomic mass is 16.1. The Balaban J connectivity index is 2.66. The summed E-state index contributed by atoms with van der Waals surface area (Å²) in [6.45, 7) is 7.37. The second-order valence-corrected chi connectivity index (χ2v) is 5.99. The molecule has 1 amide bonds. The van der Waals surface area contributed by atoms with Crippen LogP contribution in [0.25, 0.3) is 0 Å². The first-order chi connectivity index (χ1) is 10.1. The number of benzene rings is 1. The van der Waals surface area contributed by atoms with Gasteiger partial charge in [0, 0.05) is 6.42 Å². The molecule has 0 aliphatic heterocycles. The predicted molar refractivity (Wildman–Crippen MR) is 89.3 cm³/mol. The molecule has 0 bridgehead atoms. The summed E-state index contributed by atoms with van der Waals surface area (Å²) in [5, 5.41) is 6.25. The number of hydrogen-bond acceptors (Lipinski definition) is 2. The van der Waals surface area contributed by atoms with Crippen molar-refractivity contribution in [2.24, 2.45) is 5.92 Å². The van der Waals surface area contributed by atoms with Crippen molar-refractivity contribution in [3.63, 3.8) is 0 Å². The maximum Gasteiger partial charge on any atom is 0.220 e. The van der Waals surface area contributed by atoms with Gasteiger partial charge < -0.3 is 10.6 Å². The van der Waals surface area contributed by atoms with Gasteiger partial charge in [0.2, 0.25) is 5.91 Å². The molecule has 1 aromatic carbocycles. The zero-order valence-corrected chi connectivity index (χ0v) is 13.9. The normalized spacial score (nSPS) is 12.4. The SMILES string of the molecule is CCCc1ccc(C(NC(=O)CCCNC)C(C)C)cc1. The Labute approximate surface area is 129 Å². The van der Waals surface area contributed by atoms with Crippen LogP contribution >= 0.6 is 0 Å². The van der Waals surface area contributed by atoms with Crippen LogP contribution in [0.4, 0.5) is 0 Å². The molecule has 0 fully saturated rings. The lowest BCUT2D eigenvalue weighted by atomic mass is 9.94. The van der Waals surface area contributed by atoms with Gasteiger partial charge in [0.15, 0.2) is 0 Å². The zero-order chi connectivity index (χ0) is 15.7. The average molecular weight is 290 g/mol. The van der Waals surface area contributed by atoms with Crippen molar-refractivity contribution in [1.29, 1.82) is 0 Å². The maximum atomic E-state index is 12.0. The Bertz CT molecular complexity index is 412. The van der Waals surface area contributed by atoms with E-state index in [1.807, 2.05) is 7.05 Å². The number of amides is 1. The van der Waals surface area contributed by atoms with Gasteiger partial charge in [-0.05, 0) is 43.5 Å². The second kappa shape index (κ2) is 9.56. The summed E-state index contributed by atoms with van der Waals surface area (Å²) in [5.74, 6) is 0.525. The summed E-state index contributed by atoms with van der Waals surface area (Å²) in [6.07, 6.45) is 3.73. The van der Waals surface area contributed by atoms with E-state index in [1.165, 1.54) is 11.1 Å². The molecule has 0 saturated carbocycles. The van der Waals surface area contributed by atoms with E-state index in [1.54, 1.807) is 0 Å². The zero-order valence-electron chi connectivity index (χ0n) is 13.9. The van der Waals surface area contributed by atoms with Gasteiger partial charge in [-0.2, -0.15) is 0 Å². The van der Waals surface area contributed by atoms with Crippen molar-refractivity contribution >= 4 is 5.91 Å². The van der Waals surface area contributed by atoms with Gasteiger partial charge in [-0.15, -0.1) is 0 Å². The summed E-state index contributed by atoms with van der Waals surface area (Å²) in [4.78, 5) is 12.0. The molecule has 0 heterocycles. The second-order valence-electron chi connectivity index (χ2n) is 5.99. The highest BCUT2D eigenvalue weighted by Gasteiger charge is 2.17. The number of carbonyl (C=O) groups excluding carboxylic acids is 1. The maximum absolute atomic E-state index is 12.0. The van der Waals surface area contributed by atoms with Crippen LogP contribution in [0.5, 0.6) is 0 Å².